The van der Waals surface area contributed by atoms with Crippen LogP contribution in [0.5, 0.6) is 0 Å². The van der Waals surface area contributed by atoms with Crippen LogP contribution in [-0.2, 0) is 19.8 Å². The lowest BCUT2D eigenvalue weighted by molar-refractivity contribution is -0.144. The van der Waals surface area contributed by atoms with Gasteiger partial charge in [-0.15, -0.1) is 0 Å². The van der Waals surface area contributed by atoms with Crippen LogP contribution in [0.25, 0.3) is 0 Å². The Hall–Kier alpha value is -2.17. The van der Waals surface area contributed by atoms with Crippen molar-refractivity contribution in [3.8, 4) is 0 Å². The number of Topliss-reactive ketones (excluding diaryl/α,β-unsaturated/α-hetero) is 1. The Bertz CT molecular complexity index is 706. The summed E-state index contributed by atoms with van der Waals surface area (Å²) in [5.74, 6) is -0.729. The van der Waals surface area contributed by atoms with Gasteiger partial charge in [0.05, 0.1) is 5.41 Å². The number of piperidine rings is 1. The van der Waals surface area contributed by atoms with Gasteiger partial charge >= 0.3 is 0 Å². The van der Waals surface area contributed by atoms with E-state index in [1.165, 1.54) is 0 Å². The van der Waals surface area contributed by atoms with Gasteiger partial charge in [-0.2, -0.15) is 0 Å². The molecule has 1 saturated heterocycles. The molecular formula is C24H36N2O3. The van der Waals surface area contributed by atoms with E-state index in [2.05, 4.69) is 13.8 Å². The summed E-state index contributed by atoms with van der Waals surface area (Å²) in [6.45, 7) is 8.84. The van der Waals surface area contributed by atoms with Gasteiger partial charge in [0.1, 0.15) is 5.78 Å². The molecule has 2 atom stereocenters. The fourth-order valence-electron chi connectivity index (χ4n) is 4.74. The average Bonchev–Trinajstić information content (AvgIpc) is 2.70. The van der Waals surface area contributed by atoms with Crippen molar-refractivity contribution in [2.24, 2.45) is 23.5 Å². The van der Waals surface area contributed by atoms with E-state index in [1.54, 1.807) is 6.92 Å². The maximum absolute atomic E-state index is 13.4. The first-order valence-electron chi connectivity index (χ1n) is 10.9. The summed E-state index contributed by atoms with van der Waals surface area (Å²) in [5, 5.41) is 0. The van der Waals surface area contributed by atoms with Gasteiger partial charge in [-0.3, -0.25) is 14.4 Å². The van der Waals surface area contributed by atoms with E-state index >= 15 is 0 Å². The van der Waals surface area contributed by atoms with E-state index in [4.69, 9.17) is 5.73 Å². The molecule has 5 nitrogen and oxygen atoms in total. The topological polar surface area (TPSA) is 80.5 Å². The number of ketones is 1. The maximum atomic E-state index is 13.4. The standard InChI is InChI=1S/C24H36N2O3/c1-5-9-20(22(25)28)21(16-17(2)3)23(29)26-14-12-24(13-15-26,18(4)27)19-10-7-6-8-11-19/h6-8,10-11,17,20-21H,5,9,12-16H2,1-4H3,(H2,25,28)/t20-,21+/m0/s1. The van der Waals surface area contributed by atoms with Gasteiger partial charge in [0, 0.05) is 24.9 Å². The van der Waals surface area contributed by atoms with Crippen molar-refractivity contribution in [3.63, 3.8) is 0 Å². The Labute approximate surface area is 175 Å². The molecule has 160 valence electrons. The summed E-state index contributed by atoms with van der Waals surface area (Å²) in [5.41, 5.74) is 6.17. The van der Waals surface area contributed by atoms with Crippen LogP contribution >= 0.6 is 0 Å². The summed E-state index contributed by atoms with van der Waals surface area (Å²) >= 11 is 0. The van der Waals surface area contributed by atoms with E-state index in [0.29, 0.717) is 44.7 Å². The molecule has 0 unspecified atom stereocenters. The molecule has 1 aromatic carbocycles. The Balaban J connectivity index is 2.21. The van der Waals surface area contributed by atoms with Gasteiger partial charge < -0.3 is 10.6 Å². The number of carbonyl (C=O) groups is 3. The Morgan fingerprint density at radius 2 is 1.66 bits per heavy atom. The Morgan fingerprint density at radius 3 is 2.10 bits per heavy atom. The molecule has 2 amide bonds. The molecule has 1 heterocycles. The number of hydrogen-bond donors (Lipinski definition) is 1. The second-order valence-electron chi connectivity index (χ2n) is 8.86. The molecule has 1 fully saturated rings. The van der Waals surface area contributed by atoms with E-state index in [9.17, 15) is 14.4 Å². The molecule has 1 aromatic rings. The second kappa shape index (κ2) is 10.0. The van der Waals surface area contributed by atoms with Gasteiger partial charge in [0.15, 0.2) is 0 Å². The third-order valence-corrected chi connectivity index (χ3v) is 6.42. The number of carbonyl (C=O) groups excluding carboxylic acids is 3. The zero-order valence-corrected chi connectivity index (χ0v) is 18.3. The molecule has 0 saturated carbocycles. The smallest absolute Gasteiger partial charge is 0.226 e. The minimum Gasteiger partial charge on any atom is -0.369 e. The molecule has 0 spiro atoms. The number of benzene rings is 1. The van der Waals surface area contributed by atoms with Crippen molar-refractivity contribution in [1.29, 1.82) is 0 Å². The van der Waals surface area contributed by atoms with E-state index in [-0.39, 0.29) is 23.5 Å². The lowest BCUT2D eigenvalue weighted by Crippen LogP contribution is -2.51. The lowest BCUT2D eigenvalue weighted by Gasteiger charge is -2.42. The number of likely N-dealkylation sites (tertiary alicyclic amines) is 1. The SMILES string of the molecule is CCC[C@H](C(N)=O)[C@@H](CC(C)C)C(=O)N1CCC(C(C)=O)(c2ccccc2)CC1. The van der Waals surface area contributed by atoms with Crippen LogP contribution < -0.4 is 5.73 Å². The minimum absolute atomic E-state index is 0.0150. The summed E-state index contributed by atoms with van der Waals surface area (Å²) < 4.78 is 0. The third kappa shape index (κ3) is 5.26. The monoisotopic (exact) mass is 400 g/mol. The summed E-state index contributed by atoms with van der Waals surface area (Å²) in [7, 11) is 0. The van der Waals surface area contributed by atoms with Crippen molar-refractivity contribution in [3.05, 3.63) is 35.9 Å². The second-order valence-corrected chi connectivity index (χ2v) is 8.86. The molecule has 0 aliphatic carbocycles. The van der Waals surface area contributed by atoms with E-state index in [0.717, 1.165) is 12.0 Å². The van der Waals surface area contributed by atoms with Gasteiger partial charge in [-0.25, -0.2) is 0 Å². The van der Waals surface area contributed by atoms with Crippen molar-refractivity contribution in [2.75, 3.05) is 13.1 Å². The fourth-order valence-corrected chi connectivity index (χ4v) is 4.74. The molecule has 1 aliphatic rings. The van der Waals surface area contributed by atoms with Crippen LogP contribution in [0.2, 0.25) is 0 Å². The number of amides is 2. The van der Waals surface area contributed by atoms with Crippen LogP contribution in [0, 0.1) is 17.8 Å². The van der Waals surface area contributed by atoms with Crippen molar-refractivity contribution < 1.29 is 14.4 Å². The van der Waals surface area contributed by atoms with Crippen LogP contribution in [0.3, 0.4) is 0 Å². The van der Waals surface area contributed by atoms with Crippen LogP contribution in [0.1, 0.15) is 65.4 Å². The lowest BCUT2D eigenvalue weighted by atomic mass is 9.70. The van der Waals surface area contributed by atoms with Gasteiger partial charge in [-0.1, -0.05) is 57.5 Å². The predicted octanol–water partition coefficient (Wildman–Crippen LogP) is 3.70. The normalized spacial score (nSPS) is 18.3. The zero-order chi connectivity index (χ0) is 21.6. The predicted molar refractivity (Wildman–Crippen MR) is 115 cm³/mol. The molecule has 0 radical (unpaired) electrons. The third-order valence-electron chi connectivity index (χ3n) is 6.42. The molecule has 5 heteroatoms. The van der Waals surface area contributed by atoms with Crippen LogP contribution in [0.4, 0.5) is 0 Å². The van der Waals surface area contributed by atoms with Gasteiger partial charge in [0.2, 0.25) is 11.8 Å². The highest BCUT2D eigenvalue weighted by molar-refractivity contribution is 5.90. The number of nitrogens with zero attached hydrogens (tertiary/aromatic N) is 1. The Morgan fingerprint density at radius 1 is 1.07 bits per heavy atom. The molecule has 1 aliphatic heterocycles. The van der Waals surface area contributed by atoms with Crippen molar-refractivity contribution in [1.82, 2.24) is 4.90 Å². The van der Waals surface area contributed by atoms with Crippen molar-refractivity contribution >= 4 is 17.6 Å². The van der Waals surface area contributed by atoms with Gasteiger partial charge in [0.25, 0.3) is 0 Å². The first-order valence-corrected chi connectivity index (χ1v) is 10.9. The maximum Gasteiger partial charge on any atom is 0.226 e. The summed E-state index contributed by atoms with van der Waals surface area (Å²) in [6.07, 6.45) is 3.33. The molecule has 0 bridgehead atoms. The summed E-state index contributed by atoms with van der Waals surface area (Å²) in [4.78, 5) is 39.9. The fraction of sp³-hybridized carbons (Fsp3) is 0.625. The molecule has 0 aromatic heterocycles. The molecule has 2 rings (SSSR count). The van der Waals surface area contributed by atoms with Crippen LogP contribution in [-0.4, -0.2) is 35.6 Å². The van der Waals surface area contributed by atoms with Crippen molar-refractivity contribution in [2.45, 2.75) is 65.2 Å². The Kier molecular flexibility index (Phi) is 8.00. The zero-order valence-electron chi connectivity index (χ0n) is 18.3. The number of rotatable bonds is 9. The van der Waals surface area contributed by atoms with Crippen LogP contribution in [0.15, 0.2) is 30.3 Å². The van der Waals surface area contributed by atoms with E-state index in [1.807, 2.05) is 42.2 Å². The van der Waals surface area contributed by atoms with E-state index < -0.39 is 11.3 Å². The minimum atomic E-state index is -0.530. The number of nitrogens with two attached hydrogens (primary N) is 1. The molecule has 2 N–H and O–H groups in total. The highest BCUT2D eigenvalue weighted by Crippen LogP contribution is 2.37. The largest absolute Gasteiger partial charge is 0.369 e. The quantitative estimate of drug-likeness (QED) is 0.686. The highest BCUT2D eigenvalue weighted by Gasteiger charge is 2.43. The average molecular weight is 401 g/mol. The highest BCUT2D eigenvalue weighted by atomic mass is 16.2. The molecular weight excluding hydrogens is 364 g/mol. The summed E-state index contributed by atoms with van der Waals surface area (Å²) in [6, 6.07) is 9.87. The molecule has 29 heavy (non-hydrogen) atoms. The number of primary amides is 1. The number of hydrogen-bond acceptors (Lipinski definition) is 3. The first kappa shape index (κ1) is 23.1. The van der Waals surface area contributed by atoms with Gasteiger partial charge in [-0.05, 0) is 44.1 Å². The first-order chi connectivity index (χ1) is 13.7.